The van der Waals surface area contributed by atoms with Gasteiger partial charge in [-0.3, -0.25) is 14.4 Å². The van der Waals surface area contributed by atoms with Crippen LogP contribution in [-0.4, -0.2) is 64.8 Å². The SMILES string of the molecule is Cc1nn(C)c(C)c1CN1CCN(C(=O)CCC2CCNC2)CC1. The van der Waals surface area contributed by atoms with Crippen molar-refractivity contribution in [1.82, 2.24) is 24.9 Å². The lowest BCUT2D eigenvalue weighted by Crippen LogP contribution is -2.48. The maximum atomic E-state index is 12.4. The number of carbonyl (C=O) groups is 1. The molecule has 0 aromatic carbocycles. The molecule has 24 heavy (non-hydrogen) atoms. The summed E-state index contributed by atoms with van der Waals surface area (Å²) in [7, 11) is 2.00. The van der Waals surface area contributed by atoms with Crippen molar-refractivity contribution >= 4 is 5.91 Å². The lowest BCUT2D eigenvalue weighted by atomic mass is 10.0. The van der Waals surface area contributed by atoms with Crippen LogP contribution in [0.25, 0.3) is 0 Å². The number of carbonyl (C=O) groups excluding carboxylic acids is 1. The Labute approximate surface area is 145 Å². The standard InChI is InChI=1S/C18H31N5O/c1-14-17(15(2)21(3)20-14)13-22-8-10-23(11-9-22)18(24)5-4-16-6-7-19-12-16/h16,19H,4-13H2,1-3H3. The molecule has 1 aromatic rings. The molecule has 0 radical (unpaired) electrons. The largest absolute Gasteiger partial charge is 0.340 e. The summed E-state index contributed by atoms with van der Waals surface area (Å²) < 4.78 is 1.96. The number of piperazine rings is 1. The number of amides is 1. The van der Waals surface area contributed by atoms with Crippen LogP contribution in [0, 0.1) is 19.8 Å². The van der Waals surface area contributed by atoms with E-state index >= 15 is 0 Å². The van der Waals surface area contributed by atoms with E-state index in [2.05, 4.69) is 34.1 Å². The van der Waals surface area contributed by atoms with Gasteiger partial charge in [0.1, 0.15) is 0 Å². The Balaban J connectivity index is 1.44. The maximum absolute atomic E-state index is 12.4. The number of nitrogens with zero attached hydrogens (tertiary/aromatic N) is 4. The van der Waals surface area contributed by atoms with Crippen LogP contribution in [0.15, 0.2) is 0 Å². The third-order valence-corrected chi connectivity index (χ3v) is 5.69. The van der Waals surface area contributed by atoms with Gasteiger partial charge in [-0.2, -0.15) is 5.10 Å². The monoisotopic (exact) mass is 333 g/mol. The van der Waals surface area contributed by atoms with Gasteiger partial charge >= 0.3 is 0 Å². The fraction of sp³-hybridized carbons (Fsp3) is 0.778. The van der Waals surface area contributed by atoms with Gasteiger partial charge in [0.2, 0.25) is 5.91 Å². The quantitative estimate of drug-likeness (QED) is 0.876. The molecule has 2 fully saturated rings. The predicted molar refractivity (Wildman–Crippen MR) is 94.7 cm³/mol. The van der Waals surface area contributed by atoms with Gasteiger partial charge < -0.3 is 10.2 Å². The molecule has 0 spiro atoms. The van der Waals surface area contributed by atoms with Gasteiger partial charge in [-0.1, -0.05) is 0 Å². The molecule has 0 saturated carbocycles. The molecular weight excluding hydrogens is 302 g/mol. The normalized spacial score (nSPS) is 22.3. The minimum Gasteiger partial charge on any atom is -0.340 e. The highest BCUT2D eigenvalue weighted by molar-refractivity contribution is 5.76. The molecule has 0 aliphatic carbocycles. The second kappa shape index (κ2) is 7.66. The molecular formula is C18H31N5O. The second-order valence-corrected chi connectivity index (χ2v) is 7.33. The van der Waals surface area contributed by atoms with Crippen LogP contribution in [-0.2, 0) is 18.4 Å². The van der Waals surface area contributed by atoms with Gasteiger partial charge in [0.05, 0.1) is 5.69 Å². The number of aromatic nitrogens is 2. The van der Waals surface area contributed by atoms with Crippen molar-refractivity contribution < 1.29 is 4.79 Å². The fourth-order valence-electron chi connectivity index (χ4n) is 3.87. The van der Waals surface area contributed by atoms with Crippen molar-refractivity contribution in [1.29, 1.82) is 0 Å². The zero-order valence-corrected chi connectivity index (χ0v) is 15.3. The first-order chi connectivity index (χ1) is 11.5. The molecule has 2 aliphatic rings. The highest BCUT2D eigenvalue weighted by atomic mass is 16.2. The van der Waals surface area contributed by atoms with Gasteiger partial charge in [-0.05, 0) is 45.7 Å². The first-order valence-corrected chi connectivity index (χ1v) is 9.24. The van der Waals surface area contributed by atoms with E-state index in [1.807, 2.05) is 11.7 Å². The summed E-state index contributed by atoms with van der Waals surface area (Å²) in [5, 5.41) is 7.88. The molecule has 134 valence electrons. The smallest absolute Gasteiger partial charge is 0.222 e. The van der Waals surface area contributed by atoms with Gasteiger partial charge in [-0.15, -0.1) is 0 Å². The predicted octanol–water partition coefficient (Wildman–Crippen LogP) is 1.07. The van der Waals surface area contributed by atoms with Gasteiger partial charge in [-0.25, -0.2) is 0 Å². The Morgan fingerprint density at radius 3 is 2.58 bits per heavy atom. The van der Waals surface area contributed by atoms with Crippen LogP contribution in [0.2, 0.25) is 0 Å². The third-order valence-electron chi connectivity index (χ3n) is 5.69. The minimum absolute atomic E-state index is 0.343. The van der Waals surface area contributed by atoms with Gasteiger partial charge in [0, 0.05) is 57.4 Å². The summed E-state index contributed by atoms with van der Waals surface area (Å²) in [6, 6.07) is 0. The molecule has 1 N–H and O–H groups in total. The van der Waals surface area contributed by atoms with E-state index in [1.54, 1.807) is 0 Å². The zero-order valence-electron chi connectivity index (χ0n) is 15.3. The van der Waals surface area contributed by atoms with Crippen molar-refractivity contribution in [2.24, 2.45) is 13.0 Å². The summed E-state index contributed by atoms with van der Waals surface area (Å²) in [5.41, 5.74) is 3.71. The Morgan fingerprint density at radius 1 is 1.25 bits per heavy atom. The van der Waals surface area contributed by atoms with Crippen LogP contribution in [0.4, 0.5) is 0 Å². The summed E-state index contributed by atoms with van der Waals surface area (Å²) in [4.78, 5) is 16.9. The first kappa shape index (κ1) is 17.4. The topological polar surface area (TPSA) is 53.4 Å². The molecule has 3 rings (SSSR count). The molecule has 2 aliphatic heterocycles. The van der Waals surface area contributed by atoms with Crippen LogP contribution in [0.1, 0.15) is 36.2 Å². The summed E-state index contributed by atoms with van der Waals surface area (Å²) >= 11 is 0. The summed E-state index contributed by atoms with van der Waals surface area (Å²) in [6.07, 6.45) is 2.98. The molecule has 3 heterocycles. The van der Waals surface area contributed by atoms with E-state index in [9.17, 15) is 4.79 Å². The van der Waals surface area contributed by atoms with Crippen molar-refractivity contribution in [3.05, 3.63) is 17.0 Å². The van der Waals surface area contributed by atoms with E-state index in [0.717, 1.165) is 57.9 Å². The van der Waals surface area contributed by atoms with E-state index in [0.29, 0.717) is 18.2 Å². The molecule has 0 bridgehead atoms. The van der Waals surface area contributed by atoms with E-state index in [1.165, 1.54) is 17.7 Å². The van der Waals surface area contributed by atoms with Gasteiger partial charge in [0.15, 0.2) is 0 Å². The van der Waals surface area contributed by atoms with Crippen molar-refractivity contribution in [2.45, 2.75) is 39.7 Å². The summed E-state index contributed by atoms with van der Waals surface area (Å²) in [5.74, 6) is 1.04. The lowest BCUT2D eigenvalue weighted by Gasteiger charge is -2.35. The number of nitrogens with one attached hydrogen (secondary N) is 1. The van der Waals surface area contributed by atoms with Crippen molar-refractivity contribution in [3.8, 4) is 0 Å². The number of aryl methyl sites for hydroxylation is 2. The zero-order chi connectivity index (χ0) is 17.1. The molecule has 6 nitrogen and oxygen atoms in total. The van der Waals surface area contributed by atoms with Crippen LogP contribution < -0.4 is 5.32 Å². The first-order valence-electron chi connectivity index (χ1n) is 9.24. The third kappa shape index (κ3) is 3.98. The second-order valence-electron chi connectivity index (χ2n) is 7.33. The van der Waals surface area contributed by atoms with Crippen LogP contribution >= 0.6 is 0 Å². The van der Waals surface area contributed by atoms with Gasteiger partial charge in [0.25, 0.3) is 0 Å². The number of hydrogen-bond acceptors (Lipinski definition) is 4. The molecule has 6 heteroatoms. The average Bonchev–Trinajstić information content (AvgIpc) is 3.18. The van der Waals surface area contributed by atoms with Crippen LogP contribution in [0.3, 0.4) is 0 Å². The average molecular weight is 333 g/mol. The Bertz CT molecular complexity index is 568. The molecule has 1 aromatic heterocycles. The fourth-order valence-corrected chi connectivity index (χ4v) is 3.87. The Kier molecular flexibility index (Phi) is 5.56. The molecule has 1 unspecified atom stereocenters. The Morgan fingerprint density at radius 2 is 2.00 bits per heavy atom. The number of rotatable bonds is 5. The van der Waals surface area contributed by atoms with E-state index < -0.39 is 0 Å². The van der Waals surface area contributed by atoms with Crippen molar-refractivity contribution in [2.75, 3.05) is 39.3 Å². The van der Waals surface area contributed by atoms with Crippen molar-refractivity contribution in [3.63, 3.8) is 0 Å². The maximum Gasteiger partial charge on any atom is 0.222 e. The molecule has 1 amide bonds. The Hall–Kier alpha value is -1.40. The minimum atomic E-state index is 0.343. The highest BCUT2D eigenvalue weighted by Gasteiger charge is 2.24. The summed E-state index contributed by atoms with van der Waals surface area (Å²) in [6.45, 7) is 11.0. The number of hydrogen-bond donors (Lipinski definition) is 1. The molecule has 1 atom stereocenters. The molecule has 2 saturated heterocycles. The lowest BCUT2D eigenvalue weighted by molar-refractivity contribution is -0.133. The highest BCUT2D eigenvalue weighted by Crippen LogP contribution is 2.18. The van der Waals surface area contributed by atoms with E-state index in [4.69, 9.17) is 0 Å². The van der Waals surface area contributed by atoms with E-state index in [-0.39, 0.29) is 0 Å². The van der Waals surface area contributed by atoms with Crippen LogP contribution in [0.5, 0.6) is 0 Å².